The summed E-state index contributed by atoms with van der Waals surface area (Å²) in [5.41, 5.74) is 0. The van der Waals surface area contributed by atoms with Crippen molar-refractivity contribution in [3.05, 3.63) is 72.9 Å². The first kappa shape index (κ1) is 57.9. The highest BCUT2D eigenvalue weighted by molar-refractivity contribution is 5.71. The van der Waals surface area contributed by atoms with Gasteiger partial charge in [-0.05, 0) is 57.8 Å². The molecule has 0 aliphatic heterocycles. The first-order valence-electron chi connectivity index (χ1n) is 25.5. The minimum atomic E-state index is -0.786. The Morgan fingerprint density at radius 2 is 0.656 bits per heavy atom. The Hall–Kier alpha value is -3.15. The second kappa shape index (κ2) is 49.5. The van der Waals surface area contributed by atoms with Gasteiger partial charge in [-0.2, -0.15) is 0 Å². The number of esters is 3. The Balaban J connectivity index is 4.42. The van der Waals surface area contributed by atoms with E-state index in [4.69, 9.17) is 14.2 Å². The molecule has 0 aliphatic rings. The van der Waals surface area contributed by atoms with Gasteiger partial charge in [-0.15, -0.1) is 0 Å². The smallest absolute Gasteiger partial charge is 0.306 e. The van der Waals surface area contributed by atoms with E-state index in [-0.39, 0.29) is 31.1 Å². The molecule has 0 aromatic heterocycles. The highest BCUT2D eigenvalue weighted by Crippen LogP contribution is 2.15. The lowest BCUT2D eigenvalue weighted by atomic mass is 10.0. The van der Waals surface area contributed by atoms with Crippen molar-refractivity contribution in [2.75, 3.05) is 13.2 Å². The highest BCUT2D eigenvalue weighted by atomic mass is 16.6. The van der Waals surface area contributed by atoms with Crippen LogP contribution in [-0.4, -0.2) is 37.2 Å². The lowest BCUT2D eigenvalue weighted by Crippen LogP contribution is -2.30. The fraction of sp³-hybridized carbons (Fsp3) is 0.727. The van der Waals surface area contributed by atoms with Gasteiger partial charge < -0.3 is 14.2 Å². The topological polar surface area (TPSA) is 78.9 Å². The van der Waals surface area contributed by atoms with Gasteiger partial charge in [-0.3, -0.25) is 14.4 Å². The van der Waals surface area contributed by atoms with Crippen molar-refractivity contribution < 1.29 is 28.6 Å². The maximum absolute atomic E-state index is 12.8. The molecule has 0 fully saturated rings. The summed E-state index contributed by atoms with van der Waals surface area (Å²) in [5, 5.41) is 0. The van der Waals surface area contributed by atoms with Gasteiger partial charge in [0, 0.05) is 19.3 Å². The number of ether oxygens (including phenoxy) is 3. The van der Waals surface area contributed by atoms with E-state index in [1.165, 1.54) is 109 Å². The van der Waals surface area contributed by atoms with Crippen LogP contribution in [0.15, 0.2) is 72.9 Å². The molecular formula is C55H94O6. The van der Waals surface area contributed by atoms with Crippen molar-refractivity contribution in [3.8, 4) is 0 Å². The van der Waals surface area contributed by atoms with Crippen LogP contribution < -0.4 is 0 Å². The zero-order valence-electron chi connectivity index (χ0n) is 39.9. The first-order valence-corrected chi connectivity index (χ1v) is 25.5. The number of allylic oxidation sites excluding steroid dienone is 12. The molecule has 6 nitrogen and oxygen atoms in total. The largest absolute Gasteiger partial charge is 0.462 e. The fourth-order valence-electron chi connectivity index (χ4n) is 6.92. The van der Waals surface area contributed by atoms with Crippen LogP contribution in [0.3, 0.4) is 0 Å². The lowest BCUT2D eigenvalue weighted by molar-refractivity contribution is -0.167. The first-order chi connectivity index (χ1) is 30.0. The second-order valence-electron chi connectivity index (χ2n) is 16.9. The molecule has 0 aromatic rings. The average molecular weight is 851 g/mol. The van der Waals surface area contributed by atoms with Gasteiger partial charge in [-0.25, -0.2) is 0 Å². The van der Waals surface area contributed by atoms with Crippen LogP contribution in [0, 0.1) is 0 Å². The van der Waals surface area contributed by atoms with Gasteiger partial charge in [0.2, 0.25) is 0 Å². The Kier molecular flexibility index (Phi) is 46.9. The van der Waals surface area contributed by atoms with Crippen molar-refractivity contribution in [1.29, 1.82) is 0 Å². The van der Waals surface area contributed by atoms with Crippen LogP contribution in [0.4, 0.5) is 0 Å². The van der Waals surface area contributed by atoms with E-state index < -0.39 is 6.10 Å². The molecular weight excluding hydrogens is 757 g/mol. The van der Waals surface area contributed by atoms with Crippen molar-refractivity contribution in [1.82, 2.24) is 0 Å². The van der Waals surface area contributed by atoms with E-state index in [0.29, 0.717) is 19.3 Å². The number of carbonyl (C=O) groups excluding carboxylic acids is 3. The fourth-order valence-corrected chi connectivity index (χ4v) is 6.92. The molecule has 0 saturated carbocycles. The summed E-state index contributed by atoms with van der Waals surface area (Å²) < 4.78 is 16.8. The van der Waals surface area contributed by atoms with Gasteiger partial charge in [0.15, 0.2) is 6.10 Å². The number of rotatable bonds is 45. The van der Waals surface area contributed by atoms with Crippen LogP contribution >= 0.6 is 0 Å². The standard InChI is InChI=1S/C55H94O6/c1-4-7-10-13-16-19-22-24-26-27-28-29-31-33-36-39-42-45-48-54(57)60-51-52(50-59-53(56)47-44-41-38-35-32-21-18-15-12-9-6-3)61-55(58)49-46-43-40-37-34-30-25-23-20-17-14-11-8-5-2/h10,13,15-16,18-19,22,24,26-29,52H,4-9,11-12,14,17,20-21,23,25,30-51H2,1-3H3/b13-10-,18-15-,19-16-,24-22-,27-26-,29-28-. The van der Waals surface area contributed by atoms with E-state index in [9.17, 15) is 14.4 Å². The molecule has 1 unspecified atom stereocenters. The van der Waals surface area contributed by atoms with Crippen LogP contribution in [0.25, 0.3) is 0 Å². The quantitative estimate of drug-likeness (QED) is 0.0200. The Morgan fingerprint density at radius 3 is 1.08 bits per heavy atom. The SMILES string of the molecule is CCC\C=C/C=C\C=C/C=C\C=C/CCCCCCCC(=O)OCC(COC(=O)CCCCCCC/C=C\CCCC)OC(=O)CCCCCCCCCCCCCCCC. The van der Waals surface area contributed by atoms with E-state index in [1.807, 2.05) is 24.3 Å². The Bertz CT molecular complexity index is 1160. The van der Waals surface area contributed by atoms with Gasteiger partial charge >= 0.3 is 17.9 Å². The van der Waals surface area contributed by atoms with Gasteiger partial charge in [0.1, 0.15) is 13.2 Å². The Morgan fingerprint density at radius 1 is 0.328 bits per heavy atom. The summed E-state index contributed by atoms with van der Waals surface area (Å²) >= 11 is 0. The molecule has 0 spiro atoms. The average Bonchev–Trinajstić information content (AvgIpc) is 3.26. The van der Waals surface area contributed by atoms with E-state index in [1.54, 1.807) is 0 Å². The molecule has 0 aliphatic carbocycles. The van der Waals surface area contributed by atoms with Gasteiger partial charge in [0.05, 0.1) is 0 Å². The van der Waals surface area contributed by atoms with E-state index in [2.05, 4.69) is 69.4 Å². The molecule has 0 amide bonds. The molecule has 0 saturated heterocycles. The van der Waals surface area contributed by atoms with Crippen molar-refractivity contribution >= 4 is 17.9 Å². The van der Waals surface area contributed by atoms with Crippen molar-refractivity contribution in [3.63, 3.8) is 0 Å². The zero-order chi connectivity index (χ0) is 44.4. The van der Waals surface area contributed by atoms with Gasteiger partial charge in [-0.1, -0.05) is 235 Å². The van der Waals surface area contributed by atoms with Crippen molar-refractivity contribution in [2.24, 2.45) is 0 Å². The highest BCUT2D eigenvalue weighted by Gasteiger charge is 2.19. The van der Waals surface area contributed by atoms with Crippen LogP contribution in [-0.2, 0) is 28.6 Å². The predicted molar refractivity (Wildman–Crippen MR) is 261 cm³/mol. The molecule has 0 bridgehead atoms. The molecule has 1 atom stereocenters. The molecule has 0 heterocycles. The van der Waals surface area contributed by atoms with E-state index in [0.717, 1.165) is 89.9 Å². The van der Waals surface area contributed by atoms with E-state index >= 15 is 0 Å². The third kappa shape index (κ3) is 47.7. The molecule has 0 N–H and O–H groups in total. The maximum atomic E-state index is 12.8. The van der Waals surface area contributed by atoms with Crippen LogP contribution in [0.2, 0.25) is 0 Å². The monoisotopic (exact) mass is 851 g/mol. The molecule has 61 heavy (non-hydrogen) atoms. The molecule has 6 heteroatoms. The Labute approximate surface area is 376 Å². The van der Waals surface area contributed by atoms with Crippen LogP contribution in [0.1, 0.15) is 239 Å². The third-order valence-electron chi connectivity index (χ3n) is 10.8. The summed E-state index contributed by atoms with van der Waals surface area (Å²) in [7, 11) is 0. The minimum Gasteiger partial charge on any atom is -0.462 e. The van der Waals surface area contributed by atoms with Crippen molar-refractivity contribution in [2.45, 2.75) is 245 Å². The molecule has 0 rings (SSSR count). The number of carbonyl (C=O) groups is 3. The zero-order valence-corrected chi connectivity index (χ0v) is 39.9. The van der Waals surface area contributed by atoms with Crippen LogP contribution in [0.5, 0.6) is 0 Å². The molecule has 350 valence electrons. The summed E-state index contributed by atoms with van der Waals surface area (Å²) in [6.45, 7) is 6.48. The van der Waals surface area contributed by atoms with Gasteiger partial charge in [0.25, 0.3) is 0 Å². The summed E-state index contributed by atoms with van der Waals surface area (Å²) in [5.74, 6) is -0.919. The minimum absolute atomic E-state index is 0.0871. The molecule has 0 radical (unpaired) electrons. The summed E-state index contributed by atoms with van der Waals surface area (Å²) in [4.78, 5) is 37.9. The number of unbranched alkanes of at least 4 members (excludes halogenated alkanes) is 26. The third-order valence-corrected chi connectivity index (χ3v) is 10.8. The number of hydrogen-bond donors (Lipinski definition) is 0. The normalized spacial score (nSPS) is 12.6. The summed E-state index contributed by atoms with van der Waals surface area (Å²) in [6.07, 6.45) is 61.6. The summed E-state index contributed by atoms with van der Waals surface area (Å²) in [6, 6.07) is 0. The predicted octanol–water partition coefficient (Wildman–Crippen LogP) is 16.6. The molecule has 0 aromatic carbocycles. The lowest BCUT2D eigenvalue weighted by Gasteiger charge is -2.18. The maximum Gasteiger partial charge on any atom is 0.306 e. The second-order valence-corrected chi connectivity index (χ2v) is 16.9. The number of hydrogen-bond acceptors (Lipinski definition) is 6.